The number of hydrogen-bond acceptors (Lipinski definition) is 4. The standard InChI is InChI=1S/C17H25IN2O4/c1-17(2,3)24-16(22)19-11-10-12-8-6-7-9-13(12)14(18)15(21)20(4)23-5/h6-9,14H,10-11H2,1-5H3,(H,19,22). The molecule has 1 N–H and O–H groups in total. The van der Waals surface area contributed by atoms with Crippen LogP contribution >= 0.6 is 22.6 Å². The van der Waals surface area contributed by atoms with Gasteiger partial charge in [0, 0.05) is 13.6 Å². The Hall–Kier alpha value is -1.35. The fraction of sp³-hybridized carbons (Fsp3) is 0.529. The number of rotatable bonds is 6. The van der Waals surface area contributed by atoms with E-state index in [9.17, 15) is 9.59 Å². The summed E-state index contributed by atoms with van der Waals surface area (Å²) in [7, 11) is 3.04. The van der Waals surface area contributed by atoms with Gasteiger partial charge in [-0.25, -0.2) is 9.86 Å². The summed E-state index contributed by atoms with van der Waals surface area (Å²) in [5.74, 6) is -0.134. The number of ether oxygens (including phenoxy) is 1. The quantitative estimate of drug-likeness (QED) is 0.412. The number of nitrogens with one attached hydrogen (secondary N) is 1. The van der Waals surface area contributed by atoms with Crippen LogP contribution in [-0.2, 0) is 20.8 Å². The van der Waals surface area contributed by atoms with Crippen molar-refractivity contribution in [1.82, 2.24) is 10.4 Å². The molecule has 0 fully saturated rings. The molecule has 1 aromatic rings. The fourth-order valence-corrected chi connectivity index (χ4v) is 3.00. The van der Waals surface area contributed by atoms with Crippen LogP contribution in [0.25, 0.3) is 0 Å². The Bertz CT molecular complexity index is 572. The molecule has 24 heavy (non-hydrogen) atoms. The van der Waals surface area contributed by atoms with Gasteiger partial charge in [-0.3, -0.25) is 9.63 Å². The highest BCUT2D eigenvalue weighted by atomic mass is 127. The van der Waals surface area contributed by atoms with Crippen molar-refractivity contribution in [3.63, 3.8) is 0 Å². The van der Waals surface area contributed by atoms with Crippen LogP contribution in [0.15, 0.2) is 24.3 Å². The lowest BCUT2D eigenvalue weighted by Crippen LogP contribution is -2.33. The topological polar surface area (TPSA) is 67.9 Å². The monoisotopic (exact) mass is 448 g/mol. The van der Waals surface area contributed by atoms with E-state index in [4.69, 9.17) is 9.57 Å². The van der Waals surface area contributed by atoms with Crippen molar-refractivity contribution in [2.45, 2.75) is 36.7 Å². The number of carbonyl (C=O) groups is 2. The molecule has 0 saturated heterocycles. The minimum atomic E-state index is -0.521. The van der Waals surface area contributed by atoms with Crippen LogP contribution in [0.1, 0.15) is 35.8 Å². The maximum Gasteiger partial charge on any atom is 0.407 e. The van der Waals surface area contributed by atoms with Crippen molar-refractivity contribution in [3.05, 3.63) is 35.4 Å². The summed E-state index contributed by atoms with van der Waals surface area (Å²) in [4.78, 5) is 28.9. The second kappa shape index (κ2) is 9.22. The van der Waals surface area contributed by atoms with Crippen molar-refractivity contribution in [2.75, 3.05) is 20.7 Å². The predicted molar refractivity (Wildman–Crippen MR) is 101 cm³/mol. The number of nitrogens with zero attached hydrogens (tertiary/aromatic N) is 1. The van der Waals surface area contributed by atoms with E-state index in [0.29, 0.717) is 13.0 Å². The third-order valence-electron chi connectivity index (χ3n) is 3.19. The van der Waals surface area contributed by atoms with E-state index in [0.717, 1.165) is 11.1 Å². The Labute approximate surface area is 157 Å². The van der Waals surface area contributed by atoms with E-state index in [1.54, 1.807) is 7.05 Å². The molecule has 0 radical (unpaired) electrons. The van der Waals surface area contributed by atoms with Crippen LogP contribution in [-0.4, -0.2) is 43.4 Å². The van der Waals surface area contributed by atoms with Crippen molar-refractivity contribution in [3.8, 4) is 0 Å². The molecular weight excluding hydrogens is 423 g/mol. The first-order chi connectivity index (χ1) is 11.2. The zero-order valence-electron chi connectivity index (χ0n) is 14.8. The maximum atomic E-state index is 12.3. The number of hydroxylamine groups is 2. The van der Waals surface area contributed by atoms with Crippen molar-refractivity contribution in [1.29, 1.82) is 0 Å². The van der Waals surface area contributed by atoms with Gasteiger partial charge in [-0.1, -0.05) is 46.9 Å². The SMILES string of the molecule is CON(C)C(=O)C(I)c1ccccc1CCNC(=O)OC(C)(C)C. The van der Waals surface area contributed by atoms with E-state index < -0.39 is 11.7 Å². The third kappa shape index (κ3) is 6.64. The molecular formula is C17H25IN2O4. The normalized spacial score (nSPS) is 12.4. The van der Waals surface area contributed by atoms with Crippen molar-refractivity contribution < 1.29 is 19.2 Å². The maximum absolute atomic E-state index is 12.3. The average molecular weight is 448 g/mol. The number of likely N-dealkylation sites (N-methyl/N-ethyl adjacent to an activating group) is 1. The van der Waals surface area contributed by atoms with E-state index in [1.165, 1.54) is 12.2 Å². The molecule has 1 rings (SSSR count). The molecule has 0 aromatic heterocycles. The molecule has 0 aliphatic rings. The Kier molecular flexibility index (Phi) is 7.95. The molecule has 0 spiro atoms. The largest absolute Gasteiger partial charge is 0.444 e. The molecule has 7 heteroatoms. The summed E-state index contributed by atoms with van der Waals surface area (Å²) < 4.78 is 4.85. The summed E-state index contributed by atoms with van der Waals surface area (Å²) in [6.45, 7) is 5.89. The highest BCUT2D eigenvalue weighted by Crippen LogP contribution is 2.28. The number of hydrogen-bond donors (Lipinski definition) is 1. The smallest absolute Gasteiger partial charge is 0.407 e. The van der Waals surface area contributed by atoms with Gasteiger partial charge in [0.2, 0.25) is 0 Å². The summed E-state index contributed by atoms with van der Waals surface area (Å²) in [5.41, 5.74) is 1.40. The van der Waals surface area contributed by atoms with Crippen LogP contribution in [0.4, 0.5) is 4.79 Å². The minimum Gasteiger partial charge on any atom is -0.444 e. The Morgan fingerprint density at radius 1 is 1.29 bits per heavy atom. The highest BCUT2D eigenvalue weighted by Gasteiger charge is 2.23. The van der Waals surface area contributed by atoms with Gasteiger partial charge in [0.25, 0.3) is 5.91 Å². The van der Waals surface area contributed by atoms with Crippen molar-refractivity contribution in [2.24, 2.45) is 0 Å². The molecule has 1 aromatic carbocycles. The third-order valence-corrected chi connectivity index (χ3v) is 4.40. The van der Waals surface area contributed by atoms with Gasteiger partial charge >= 0.3 is 6.09 Å². The summed E-state index contributed by atoms with van der Waals surface area (Å²) in [5, 5.41) is 3.95. The zero-order valence-corrected chi connectivity index (χ0v) is 16.9. The second-order valence-corrected chi connectivity index (χ2v) is 7.50. The van der Waals surface area contributed by atoms with Gasteiger partial charge in [-0.2, -0.15) is 0 Å². The number of benzene rings is 1. The second-order valence-electron chi connectivity index (χ2n) is 6.26. The van der Waals surface area contributed by atoms with Gasteiger partial charge in [0.15, 0.2) is 0 Å². The minimum absolute atomic E-state index is 0.134. The lowest BCUT2D eigenvalue weighted by atomic mass is 10.0. The molecule has 0 aliphatic heterocycles. The van der Waals surface area contributed by atoms with Crippen LogP contribution in [0.2, 0.25) is 0 Å². The van der Waals surface area contributed by atoms with Gasteiger partial charge in [-0.15, -0.1) is 0 Å². The molecule has 134 valence electrons. The van der Waals surface area contributed by atoms with Crippen LogP contribution < -0.4 is 5.32 Å². The van der Waals surface area contributed by atoms with E-state index in [1.807, 2.05) is 45.0 Å². The molecule has 0 aliphatic carbocycles. The molecule has 1 unspecified atom stereocenters. The first-order valence-corrected chi connectivity index (χ1v) is 8.90. The van der Waals surface area contributed by atoms with Gasteiger partial charge < -0.3 is 10.1 Å². The molecule has 0 saturated carbocycles. The van der Waals surface area contributed by atoms with Gasteiger partial charge in [0.1, 0.15) is 9.53 Å². The average Bonchev–Trinajstić information content (AvgIpc) is 2.51. The lowest BCUT2D eigenvalue weighted by Gasteiger charge is -2.21. The van der Waals surface area contributed by atoms with Crippen LogP contribution in [0.5, 0.6) is 0 Å². The number of alkyl carbamates (subject to hydrolysis) is 1. The number of alkyl halides is 1. The van der Waals surface area contributed by atoms with Crippen LogP contribution in [0.3, 0.4) is 0 Å². The number of halogens is 1. The number of amides is 2. The summed E-state index contributed by atoms with van der Waals surface area (Å²) in [6.07, 6.45) is 0.167. The highest BCUT2D eigenvalue weighted by molar-refractivity contribution is 14.1. The van der Waals surface area contributed by atoms with Gasteiger partial charge in [0.05, 0.1) is 7.11 Å². The summed E-state index contributed by atoms with van der Waals surface area (Å²) >= 11 is 2.10. The Morgan fingerprint density at radius 2 is 1.92 bits per heavy atom. The van der Waals surface area contributed by atoms with Gasteiger partial charge in [-0.05, 0) is 38.3 Å². The molecule has 0 bridgehead atoms. The first kappa shape index (κ1) is 20.7. The van der Waals surface area contributed by atoms with Crippen LogP contribution in [0, 0.1) is 0 Å². The lowest BCUT2D eigenvalue weighted by molar-refractivity contribution is -0.167. The Balaban J connectivity index is 2.70. The Morgan fingerprint density at radius 3 is 2.50 bits per heavy atom. The summed E-state index contributed by atoms with van der Waals surface area (Å²) in [6, 6.07) is 7.69. The first-order valence-electron chi connectivity index (χ1n) is 7.66. The van der Waals surface area contributed by atoms with E-state index >= 15 is 0 Å². The zero-order chi connectivity index (χ0) is 18.3. The van der Waals surface area contributed by atoms with E-state index in [-0.39, 0.29) is 9.83 Å². The molecule has 1 atom stereocenters. The molecule has 2 amide bonds. The molecule has 6 nitrogen and oxygen atoms in total. The van der Waals surface area contributed by atoms with Crippen molar-refractivity contribution >= 4 is 34.6 Å². The molecule has 0 heterocycles. The van der Waals surface area contributed by atoms with E-state index in [2.05, 4.69) is 27.9 Å². The fourth-order valence-electron chi connectivity index (χ4n) is 2.01. The predicted octanol–water partition coefficient (Wildman–Crippen LogP) is 3.25. The number of carbonyl (C=O) groups excluding carboxylic acids is 2.